The Morgan fingerprint density at radius 3 is 2.70 bits per heavy atom. The van der Waals surface area contributed by atoms with Gasteiger partial charge >= 0.3 is 5.69 Å². The van der Waals surface area contributed by atoms with Crippen molar-refractivity contribution in [3.8, 4) is 11.8 Å². The molecular weight excluding hydrogens is 290 g/mol. The average molecular weight is 305 g/mol. The van der Waals surface area contributed by atoms with Crippen molar-refractivity contribution in [3.05, 3.63) is 58.0 Å². The summed E-state index contributed by atoms with van der Waals surface area (Å²) in [5, 5.41) is 9.65. The van der Waals surface area contributed by atoms with Gasteiger partial charge in [-0.1, -0.05) is 13.8 Å². The van der Waals surface area contributed by atoms with Crippen molar-refractivity contribution in [2.45, 2.75) is 26.7 Å². The second-order valence-electron chi connectivity index (χ2n) is 5.64. The first-order valence-electron chi connectivity index (χ1n) is 7.26. The van der Waals surface area contributed by atoms with Crippen molar-refractivity contribution in [2.75, 3.05) is 0 Å². The minimum Gasteiger partial charge on any atom is -0.259 e. The van der Waals surface area contributed by atoms with Crippen LogP contribution in [-0.2, 0) is 0 Å². The van der Waals surface area contributed by atoms with Crippen molar-refractivity contribution >= 4 is 11.0 Å². The van der Waals surface area contributed by atoms with Gasteiger partial charge in [-0.3, -0.25) is 4.98 Å². The average Bonchev–Trinajstić information content (AvgIpc) is 2.54. The minimum absolute atomic E-state index is 0.144. The maximum absolute atomic E-state index is 12.4. The second-order valence-corrected chi connectivity index (χ2v) is 5.64. The first-order valence-corrected chi connectivity index (χ1v) is 7.26. The summed E-state index contributed by atoms with van der Waals surface area (Å²) >= 11 is 0. The van der Waals surface area contributed by atoms with Crippen LogP contribution in [0.1, 0.15) is 36.6 Å². The van der Waals surface area contributed by atoms with E-state index < -0.39 is 5.69 Å². The summed E-state index contributed by atoms with van der Waals surface area (Å²) < 4.78 is 1.48. The van der Waals surface area contributed by atoms with Gasteiger partial charge in [-0.05, 0) is 30.5 Å². The highest BCUT2D eigenvalue weighted by Crippen LogP contribution is 2.25. The molecule has 0 amide bonds. The molecule has 0 aromatic carbocycles. The van der Waals surface area contributed by atoms with Crippen LogP contribution < -0.4 is 5.69 Å². The number of pyridine rings is 2. The van der Waals surface area contributed by atoms with E-state index in [-0.39, 0.29) is 5.92 Å². The molecule has 3 aromatic heterocycles. The molecule has 0 aliphatic carbocycles. The summed E-state index contributed by atoms with van der Waals surface area (Å²) in [5.41, 5.74) is 2.94. The van der Waals surface area contributed by atoms with E-state index in [1.165, 1.54) is 17.0 Å². The van der Waals surface area contributed by atoms with E-state index in [9.17, 15) is 4.79 Å². The Morgan fingerprint density at radius 1 is 1.22 bits per heavy atom. The molecule has 0 aliphatic heterocycles. The summed E-state index contributed by atoms with van der Waals surface area (Å²) in [5.74, 6) is 0.144. The topological polar surface area (TPSA) is 84.5 Å². The van der Waals surface area contributed by atoms with Crippen molar-refractivity contribution in [3.63, 3.8) is 0 Å². The van der Waals surface area contributed by atoms with Crippen molar-refractivity contribution in [1.29, 1.82) is 5.26 Å². The number of nitriles is 1. The SMILES string of the molecule is Cc1ccnc(C(C)C)c1-n1c(=O)ncc2cc(C#N)cnc21. The largest absolute Gasteiger partial charge is 0.353 e. The predicted octanol–water partition coefficient (Wildman–Crippen LogP) is 2.48. The molecule has 0 radical (unpaired) electrons. The van der Waals surface area contributed by atoms with Crippen LogP contribution in [0.5, 0.6) is 0 Å². The quantitative estimate of drug-likeness (QED) is 0.726. The number of nitrogens with zero attached hydrogens (tertiary/aromatic N) is 5. The predicted molar refractivity (Wildman–Crippen MR) is 86.5 cm³/mol. The van der Waals surface area contributed by atoms with Gasteiger partial charge in [-0.15, -0.1) is 0 Å². The van der Waals surface area contributed by atoms with Gasteiger partial charge in [0, 0.05) is 24.0 Å². The van der Waals surface area contributed by atoms with E-state index in [1.807, 2.05) is 32.9 Å². The van der Waals surface area contributed by atoms with Gasteiger partial charge in [-0.2, -0.15) is 5.26 Å². The molecular formula is C17H15N5O. The molecule has 3 aromatic rings. The number of rotatable bonds is 2. The van der Waals surface area contributed by atoms with E-state index in [0.29, 0.717) is 22.3 Å². The summed E-state index contributed by atoms with van der Waals surface area (Å²) in [6.07, 6.45) is 4.64. The zero-order valence-electron chi connectivity index (χ0n) is 13.1. The molecule has 0 aliphatic rings. The highest BCUT2D eigenvalue weighted by molar-refractivity contribution is 5.77. The molecule has 23 heavy (non-hydrogen) atoms. The Bertz CT molecular complexity index is 998. The number of hydrogen-bond donors (Lipinski definition) is 0. The lowest BCUT2D eigenvalue weighted by Crippen LogP contribution is -2.24. The van der Waals surface area contributed by atoms with Crippen molar-refractivity contribution < 1.29 is 0 Å². The fourth-order valence-electron chi connectivity index (χ4n) is 2.58. The van der Waals surface area contributed by atoms with Crippen LogP contribution in [0.25, 0.3) is 16.7 Å². The number of aromatic nitrogens is 4. The zero-order valence-corrected chi connectivity index (χ0v) is 13.1. The Morgan fingerprint density at radius 2 is 2.00 bits per heavy atom. The third kappa shape index (κ3) is 2.46. The van der Waals surface area contributed by atoms with E-state index in [4.69, 9.17) is 5.26 Å². The summed E-state index contributed by atoms with van der Waals surface area (Å²) in [7, 11) is 0. The molecule has 0 saturated heterocycles. The standard InChI is InChI=1S/C17H15N5O/c1-10(2)14-15(11(3)4-5-19-14)22-16-13(9-21-17(22)23)6-12(7-18)8-20-16/h4-6,8-10H,1-3H3. The Labute approximate surface area is 133 Å². The van der Waals surface area contributed by atoms with Crippen LogP contribution in [0, 0.1) is 18.3 Å². The van der Waals surface area contributed by atoms with Crippen LogP contribution in [-0.4, -0.2) is 19.5 Å². The molecule has 3 rings (SSSR count). The van der Waals surface area contributed by atoms with E-state index in [1.54, 1.807) is 12.3 Å². The molecule has 3 heterocycles. The summed E-state index contributed by atoms with van der Waals surface area (Å²) in [6, 6.07) is 5.57. The molecule has 0 N–H and O–H groups in total. The van der Waals surface area contributed by atoms with Gasteiger partial charge in [0.15, 0.2) is 0 Å². The zero-order chi connectivity index (χ0) is 16.6. The van der Waals surface area contributed by atoms with Gasteiger partial charge in [0.1, 0.15) is 11.7 Å². The molecule has 6 heteroatoms. The van der Waals surface area contributed by atoms with E-state index >= 15 is 0 Å². The third-order valence-electron chi connectivity index (χ3n) is 3.67. The van der Waals surface area contributed by atoms with Crippen molar-refractivity contribution in [1.82, 2.24) is 19.5 Å². The van der Waals surface area contributed by atoms with Crippen LogP contribution in [0.3, 0.4) is 0 Å². The molecule has 114 valence electrons. The Kier molecular flexibility index (Phi) is 3.62. The van der Waals surface area contributed by atoms with Gasteiger partial charge in [0.2, 0.25) is 0 Å². The fraction of sp³-hybridized carbons (Fsp3) is 0.235. The summed E-state index contributed by atoms with van der Waals surface area (Å²) in [4.78, 5) is 25.1. The molecule has 0 saturated carbocycles. The lowest BCUT2D eigenvalue weighted by molar-refractivity contribution is 0.790. The van der Waals surface area contributed by atoms with Crippen LogP contribution in [0.15, 0.2) is 35.5 Å². The van der Waals surface area contributed by atoms with Crippen LogP contribution in [0.2, 0.25) is 0 Å². The molecule has 0 spiro atoms. The first kappa shape index (κ1) is 14.9. The number of aryl methyl sites for hydroxylation is 1. The third-order valence-corrected chi connectivity index (χ3v) is 3.67. The molecule has 0 fully saturated rings. The maximum atomic E-state index is 12.4. The monoisotopic (exact) mass is 305 g/mol. The Balaban J connectivity index is 2.44. The molecule has 0 atom stereocenters. The van der Waals surface area contributed by atoms with Crippen LogP contribution >= 0.6 is 0 Å². The number of fused-ring (bicyclic) bond motifs is 1. The normalized spacial score (nSPS) is 10.9. The molecule has 0 unspecified atom stereocenters. The molecule has 6 nitrogen and oxygen atoms in total. The van der Waals surface area contributed by atoms with Gasteiger partial charge in [-0.25, -0.2) is 19.3 Å². The summed E-state index contributed by atoms with van der Waals surface area (Å²) in [6.45, 7) is 5.98. The van der Waals surface area contributed by atoms with Gasteiger partial charge in [0.05, 0.1) is 16.9 Å². The maximum Gasteiger partial charge on any atom is 0.353 e. The lowest BCUT2D eigenvalue weighted by atomic mass is 10.0. The van der Waals surface area contributed by atoms with Gasteiger partial charge < -0.3 is 0 Å². The first-order chi connectivity index (χ1) is 11.0. The second kappa shape index (κ2) is 5.61. The lowest BCUT2D eigenvalue weighted by Gasteiger charge is -2.17. The van der Waals surface area contributed by atoms with Crippen molar-refractivity contribution in [2.24, 2.45) is 0 Å². The van der Waals surface area contributed by atoms with Gasteiger partial charge in [0.25, 0.3) is 0 Å². The van der Waals surface area contributed by atoms with E-state index in [2.05, 4.69) is 15.0 Å². The Hall–Kier alpha value is -3.07. The molecule has 0 bridgehead atoms. The highest BCUT2D eigenvalue weighted by atomic mass is 16.1. The fourth-order valence-corrected chi connectivity index (χ4v) is 2.58. The highest BCUT2D eigenvalue weighted by Gasteiger charge is 2.17. The van der Waals surface area contributed by atoms with Crippen LogP contribution in [0.4, 0.5) is 0 Å². The number of hydrogen-bond acceptors (Lipinski definition) is 5. The smallest absolute Gasteiger partial charge is 0.259 e. The van der Waals surface area contributed by atoms with E-state index in [0.717, 1.165) is 11.3 Å². The minimum atomic E-state index is -0.410.